The van der Waals surface area contributed by atoms with Gasteiger partial charge in [0.25, 0.3) is 0 Å². The van der Waals surface area contributed by atoms with Crippen molar-refractivity contribution in [3.05, 3.63) is 0 Å². The Balaban J connectivity index is 4.39. The topological polar surface area (TPSA) is 40.5 Å². The van der Waals surface area contributed by atoms with E-state index >= 15 is 0 Å². The van der Waals surface area contributed by atoms with Crippen LogP contribution in [0.2, 0.25) is 0 Å². The summed E-state index contributed by atoms with van der Waals surface area (Å²) in [5.74, 6) is 5.48. The van der Waals surface area contributed by atoms with E-state index < -0.39 is 11.2 Å². The largest absolute Gasteiger partial charge is 0.378 e. The van der Waals surface area contributed by atoms with E-state index in [0.717, 1.165) is 12.8 Å². The molecule has 0 rings (SSSR count). The first-order valence-corrected chi connectivity index (χ1v) is 5.32. The van der Waals surface area contributed by atoms with Gasteiger partial charge in [0, 0.05) is 0 Å². The molecule has 82 valence electrons. The highest BCUT2D eigenvalue weighted by molar-refractivity contribution is 5.18. The lowest BCUT2D eigenvalue weighted by atomic mass is 9.97. The van der Waals surface area contributed by atoms with Crippen molar-refractivity contribution in [1.29, 1.82) is 0 Å². The van der Waals surface area contributed by atoms with Crippen LogP contribution in [0.3, 0.4) is 0 Å². The van der Waals surface area contributed by atoms with Crippen LogP contribution in [0.15, 0.2) is 0 Å². The summed E-state index contributed by atoms with van der Waals surface area (Å²) >= 11 is 0. The number of hydrogen-bond donors (Lipinski definition) is 2. The van der Waals surface area contributed by atoms with Gasteiger partial charge in [-0.15, -0.1) is 0 Å². The quantitative estimate of drug-likeness (QED) is 0.679. The molecule has 0 amide bonds. The van der Waals surface area contributed by atoms with Gasteiger partial charge in [0.05, 0.1) is 0 Å². The predicted octanol–water partition coefficient (Wildman–Crippen LogP) is 2.09. The van der Waals surface area contributed by atoms with Crippen molar-refractivity contribution in [1.82, 2.24) is 0 Å². The summed E-state index contributed by atoms with van der Waals surface area (Å²) in [6.45, 7) is 7.37. The maximum absolute atomic E-state index is 9.76. The Morgan fingerprint density at radius 1 is 0.857 bits per heavy atom. The van der Waals surface area contributed by atoms with Crippen molar-refractivity contribution in [2.24, 2.45) is 0 Å². The highest BCUT2D eigenvalue weighted by Gasteiger charge is 2.19. The molecule has 0 aromatic rings. The normalized spacial score (nSPS) is 19.0. The molecule has 0 aromatic heterocycles. The first-order valence-electron chi connectivity index (χ1n) is 5.32. The molecule has 0 bridgehead atoms. The molecule has 2 heteroatoms. The van der Waals surface area contributed by atoms with Gasteiger partial charge in [-0.3, -0.25) is 0 Å². The molecule has 0 aliphatic carbocycles. The molecule has 2 unspecified atom stereocenters. The predicted molar refractivity (Wildman–Crippen MR) is 58.8 cm³/mol. The average Bonchev–Trinajstić information content (AvgIpc) is 2.01. The van der Waals surface area contributed by atoms with Gasteiger partial charge in [-0.05, 0) is 26.7 Å². The Morgan fingerprint density at radius 3 is 1.36 bits per heavy atom. The zero-order valence-corrected chi connectivity index (χ0v) is 9.72. The summed E-state index contributed by atoms with van der Waals surface area (Å²) in [6, 6.07) is 0. The van der Waals surface area contributed by atoms with E-state index in [0.29, 0.717) is 12.8 Å². The van der Waals surface area contributed by atoms with Crippen LogP contribution in [0, 0.1) is 11.8 Å². The molecular formula is C12H22O2. The Labute approximate surface area is 87.3 Å². The lowest BCUT2D eigenvalue weighted by molar-refractivity contribution is 0.0993. The van der Waals surface area contributed by atoms with Crippen molar-refractivity contribution < 1.29 is 10.2 Å². The van der Waals surface area contributed by atoms with Gasteiger partial charge in [0.2, 0.25) is 0 Å². The standard InChI is InChI=1S/C12H22O2/c1-5-7-11(3,13)9-10-12(4,14)8-6-2/h13-14H,5-8H2,1-4H3. The first kappa shape index (κ1) is 13.5. The number of rotatable bonds is 4. The minimum Gasteiger partial charge on any atom is -0.378 e. The van der Waals surface area contributed by atoms with Crippen molar-refractivity contribution in [2.75, 3.05) is 0 Å². The van der Waals surface area contributed by atoms with E-state index in [4.69, 9.17) is 0 Å². The van der Waals surface area contributed by atoms with Crippen LogP contribution in [-0.4, -0.2) is 21.4 Å². The van der Waals surface area contributed by atoms with Crippen LogP contribution < -0.4 is 0 Å². The molecular weight excluding hydrogens is 176 g/mol. The molecule has 14 heavy (non-hydrogen) atoms. The summed E-state index contributed by atoms with van der Waals surface area (Å²) in [5, 5.41) is 19.5. The fourth-order valence-corrected chi connectivity index (χ4v) is 1.37. The molecule has 0 aliphatic heterocycles. The van der Waals surface area contributed by atoms with Crippen LogP contribution in [0.4, 0.5) is 0 Å². The van der Waals surface area contributed by atoms with Gasteiger partial charge in [0.1, 0.15) is 11.2 Å². The first-order chi connectivity index (χ1) is 6.33. The zero-order chi connectivity index (χ0) is 11.2. The fourth-order valence-electron chi connectivity index (χ4n) is 1.37. The smallest absolute Gasteiger partial charge is 0.122 e. The van der Waals surface area contributed by atoms with Gasteiger partial charge in [0.15, 0.2) is 0 Å². The van der Waals surface area contributed by atoms with Crippen molar-refractivity contribution in [3.8, 4) is 11.8 Å². The second kappa shape index (κ2) is 5.38. The van der Waals surface area contributed by atoms with Crippen LogP contribution in [-0.2, 0) is 0 Å². The van der Waals surface area contributed by atoms with Crippen molar-refractivity contribution >= 4 is 0 Å². The molecule has 0 aromatic carbocycles. The summed E-state index contributed by atoms with van der Waals surface area (Å²) in [7, 11) is 0. The molecule has 0 fully saturated rings. The molecule has 0 saturated heterocycles. The van der Waals surface area contributed by atoms with Gasteiger partial charge >= 0.3 is 0 Å². The SMILES string of the molecule is CCCC(C)(O)C#CC(C)(O)CCC. The molecule has 0 heterocycles. The van der Waals surface area contributed by atoms with E-state index in [1.165, 1.54) is 0 Å². The lowest BCUT2D eigenvalue weighted by Gasteiger charge is -2.18. The fraction of sp³-hybridized carbons (Fsp3) is 0.833. The van der Waals surface area contributed by atoms with Gasteiger partial charge in [-0.2, -0.15) is 0 Å². The molecule has 0 saturated carbocycles. The molecule has 0 spiro atoms. The van der Waals surface area contributed by atoms with Crippen LogP contribution >= 0.6 is 0 Å². The summed E-state index contributed by atoms with van der Waals surface area (Å²) in [5.41, 5.74) is -1.93. The monoisotopic (exact) mass is 198 g/mol. The van der Waals surface area contributed by atoms with E-state index in [1.54, 1.807) is 13.8 Å². The van der Waals surface area contributed by atoms with E-state index in [9.17, 15) is 10.2 Å². The third-order valence-corrected chi connectivity index (χ3v) is 2.07. The highest BCUT2D eigenvalue weighted by atomic mass is 16.3. The van der Waals surface area contributed by atoms with Crippen LogP contribution in [0.25, 0.3) is 0 Å². The lowest BCUT2D eigenvalue weighted by Crippen LogP contribution is -2.25. The molecule has 0 aliphatic rings. The van der Waals surface area contributed by atoms with Crippen LogP contribution in [0.5, 0.6) is 0 Å². The number of hydrogen-bond acceptors (Lipinski definition) is 2. The van der Waals surface area contributed by atoms with Crippen molar-refractivity contribution in [3.63, 3.8) is 0 Å². The molecule has 0 radical (unpaired) electrons. The molecule has 2 atom stereocenters. The Morgan fingerprint density at radius 2 is 1.14 bits per heavy atom. The Bertz CT molecular complexity index is 196. The Hall–Kier alpha value is -0.520. The average molecular weight is 198 g/mol. The zero-order valence-electron chi connectivity index (χ0n) is 9.72. The minimum absolute atomic E-state index is 0.641. The second-order valence-corrected chi connectivity index (χ2v) is 4.30. The third kappa shape index (κ3) is 6.01. The van der Waals surface area contributed by atoms with Gasteiger partial charge in [-0.1, -0.05) is 38.5 Å². The maximum Gasteiger partial charge on any atom is 0.122 e. The summed E-state index contributed by atoms with van der Waals surface area (Å²) in [6.07, 6.45) is 3.06. The summed E-state index contributed by atoms with van der Waals surface area (Å²) < 4.78 is 0. The summed E-state index contributed by atoms with van der Waals surface area (Å²) in [4.78, 5) is 0. The van der Waals surface area contributed by atoms with E-state index in [1.807, 2.05) is 13.8 Å². The van der Waals surface area contributed by atoms with Gasteiger partial charge in [-0.25, -0.2) is 0 Å². The second-order valence-electron chi connectivity index (χ2n) is 4.30. The highest BCUT2D eigenvalue weighted by Crippen LogP contribution is 2.14. The van der Waals surface area contributed by atoms with Crippen molar-refractivity contribution in [2.45, 2.75) is 64.6 Å². The number of aliphatic hydroxyl groups is 2. The minimum atomic E-state index is -0.966. The molecule has 2 N–H and O–H groups in total. The van der Waals surface area contributed by atoms with E-state index in [2.05, 4.69) is 11.8 Å². The van der Waals surface area contributed by atoms with Gasteiger partial charge < -0.3 is 10.2 Å². The molecule has 2 nitrogen and oxygen atoms in total. The van der Waals surface area contributed by atoms with Crippen LogP contribution in [0.1, 0.15) is 53.4 Å². The Kier molecular flexibility index (Phi) is 5.18. The van der Waals surface area contributed by atoms with E-state index in [-0.39, 0.29) is 0 Å². The third-order valence-electron chi connectivity index (χ3n) is 2.07. The maximum atomic E-state index is 9.76.